The first-order valence-corrected chi connectivity index (χ1v) is 8.35. The predicted octanol–water partition coefficient (Wildman–Crippen LogP) is 4.30. The van der Waals surface area contributed by atoms with Crippen molar-refractivity contribution < 1.29 is 0 Å². The highest BCUT2D eigenvalue weighted by molar-refractivity contribution is 5.44. The van der Waals surface area contributed by atoms with E-state index in [4.69, 9.17) is 0 Å². The van der Waals surface area contributed by atoms with Gasteiger partial charge < -0.3 is 0 Å². The second-order valence-corrected chi connectivity index (χ2v) is 7.69. The molecule has 0 unspecified atom stereocenters. The summed E-state index contributed by atoms with van der Waals surface area (Å²) >= 11 is 0. The Labute approximate surface area is 120 Å². The van der Waals surface area contributed by atoms with Crippen molar-refractivity contribution in [2.45, 2.75) is 12.8 Å². The Bertz CT molecular complexity index is 585. The quantitative estimate of drug-likeness (QED) is 0.570. The van der Waals surface area contributed by atoms with Gasteiger partial charge in [-0.15, -0.1) is 0 Å². The van der Waals surface area contributed by atoms with Gasteiger partial charge in [-0.3, -0.25) is 0 Å². The molecule has 20 heavy (non-hydrogen) atoms. The van der Waals surface area contributed by atoms with Crippen LogP contribution in [0.25, 0.3) is 0 Å². The van der Waals surface area contributed by atoms with Crippen molar-refractivity contribution in [3.63, 3.8) is 0 Å². The van der Waals surface area contributed by atoms with Crippen LogP contribution in [0.15, 0.2) is 59.8 Å². The fraction of sp³-hybridized carbons (Fsp3) is 0.500. The van der Waals surface area contributed by atoms with Crippen LogP contribution < -0.4 is 0 Å². The van der Waals surface area contributed by atoms with Crippen molar-refractivity contribution in [3.05, 3.63) is 59.8 Å². The van der Waals surface area contributed by atoms with E-state index in [0.29, 0.717) is 0 Å². The summed E-state index contributed by atoms with van der Waals surface area (Å²) in [4.78, 5) is 0. The Morgan fingerprint density at radius 1 is 0.550 bits per heavy atom. The molecule has 0 nitrogen and oxygen atoms in total. The molecule has 2 fully saturated rings. The van der Waals surface area contributed by atoms with E-state index in [-0.39, 0.29) is 0 Å². The number of hydrogen-bond donors (Lipinski definition) is 0. The second kappa shape index (κ2) is 3.30. The van der Waals surface area contributed by atoms with Gasteiger partial charge in [-0.1, -0.05) is 59.8 Å². The fourth-order valence-electron chi connectivity index (χ4n) is 6.35. The van der Waals surface area contributed by atoms with E-state index in [1.165, 1.54) is 12.8 Å². The van der Waals surface area contributed by atoms with Gasteiger partial charge in [0, 0.05) is 11.8 Å². The lowest BCUT2D eigenvalue weighted by molar-refractivity contribution is 0.402. The highest BCUT2D eigenvalue weighted by Crippen LogP contribution is 2.61. The molecule has 0 radical (unpaired) electrons. The lowest BCUT2D eigenvalue weighted by atomic mass is 9.85. The fourth-order valence-corrected chi connectivity index (χ4v) is 6.35. The molecule has 8 atom stereocenters. The van der Waals surface area contributed by atoms with Crippen molar-refractivity contribution in [2.75, 3.05) is 0 Å². The van der Waals surface area contributed by atoms with Crippen LogP contribution in [-0.4, -0.2) is 0 Å². The summed E-state index contributed by atoms with van der Waals surface area (Å²) in [6, 6.07) is 0. The summed E-state index contributed by atoms with van der Waals surface area (Å²) in [5.74, 6) is 6.57. The standard InChI is InChI=1S/C20H20/c1-3-13-9-17(15-7-5-11(1)19(13)15)18-10-14-4-2-12-6-8-16(18)20(12)14/h1-8,11-16,19-20H,9-10H2/b18-17+/t11-,12-,13-,14+,15-,16+,19-,20-/m1/s1. The molecule has 100 valence electrons. The van der Waals surface area contributed by atoms with Crippen LogP contribution in [0.3, 0.4) is 0 Å². The molecule has 0 spiro atoms. The van der Waals surface area contributed by atoms with Gasteiger partial charge in [0.2, 0.25) is 0 Å². The van der Waals surface area contributed by atoms with Gasteiger partial charge in [-0.25, -0.2) is 0 Å². The van der Waals surface area contributed by atoms with E-state index < -0.39 is 0 Å². The SMILES string of the molecule is C1=C[C@@H]2C/C(=C3/C[C@@H]4C=C[C@@H]5C=C[C@@H]3[C@H]54)[C@H]3C=C[C@@H]1[C@H]23. The molecule has 0 aromatic carbocycles. The third-order valence-electron chi connectivity index (χ3n) is 7.08. The van der Waals surface area contributed by atoms with E-state index in [2.05, 4.69) is 48.6 Å². The molecule has 0 heteroatoms. The van der Waals surface area contributed by atoms with Crippen LogP contribution in [0, 0.1) is 47.3 Å². The Morgan fingerprint density at radius 3 is 1.50 bits per heavy atom. The molecular formula is C20H20. The number of rotatable bonds is 0. The zero-order valence-electron chi connectivity index (χ0n) is 11.7. The third-order valence-corrected chi connectivity index (χ3v) is 7.08. The minimum atomic E-state index is 0.760. The molecule has 6 rings (SSSR count). The summed E-state index contributed by atoms with van der Waals surface area (Å²) in [7, 11) is 0. The molecule has 0 amide bonds. The van der Waals surface area contributed by atoms with Gasteiger partial charge in [0.1, 0.15) is 0 Å². The lowest BCUT2D eigenvalue weighted by Crippen LogP contribution is -2.12. The average Bonchev–Trinajstić information content (AvgIpc) is 3.18. The van der Waals surface area contributed by atoms with Gasteiger partial charge in [0.15, 0.2) is 0 Å². The van der Waals surface area contributed by atoms with Crippen LogP contribution in [0.1, 0.15) is 12.8 Å². The van der Waals surface area contributed by atoms with E-state index in [1.54, 1.807) is 0 Å². The van der Waals surface area contributed by atoms with Gasteiger partial charge in [-0.2, -0.15) is 0 Å². The molecule has 0 N–H and O–H groups in total. The van der Waals surface area contributed by atoms with Crippen molar-refractivity contribution in [1.29, 1.82) is 0 Å². The van der Waals surface area contributed by atoms with Gasteiger partial charge >= 0.3 is 0 Å². The summed E-state index contributed by atoms with van der Waals surface area (Å²) < 4.78 is 0. The maximum absolute atomic E-state index is 2.54. The van der Waals surface area contributed by atoms with Crippen molar-refractivity contribution in [1.82, 2.24) is 0 Å². The average molecular weight is 260 g/mol. The highest BCUT2D eigenvalue weighted by atomic mass is 14.6. The largest absolute Gasteiger partial charge is 0.0842 e. The topological polar surface area (TPSA) is 0 Å². The van der Waals surface area contributed by atoms with Crippen LogP contribution in [-0.2, 0) is 0 Å². The molecule has 0 saturated heterocycles. The molecule has 0 heterocycles. The first-order valence-electron chi connectivity index (χ1n) is 8.35. The summed E-state index contributed by atoms with van der Waals surface area (Å²) in [6.45, 7) is 0. The molecule has 0 bridgehead atoms. The van der Waals surface area contributed by atoms with Crippen LogP contribution in [0.5, 0.6) is 0 Å². The van der Waals surface area contributed by atoms with Crippen molar-refractivity contribution in [3.8, 4) is 0 Å². The first kappa shape index (κ1) is 10.4. The Morgan fingerprint density at radius 2 is 1.00 bits per heavy atom. The van der Waals surface area contributed by atoms with E-state index in [9.17, 15) is 0 Å². The molecule has 6 aliphatic rings. The molecule has 2 saturated carbocycles. The molecule has 6 aliphatic carbocycles. The van der Waals surface area contributed by atoms with Crippen LogP contribution >= 0.6 is 0 Å². The van der Waals surface area contributed by atoms with E-state index in [0.717, 1.165) is 47.3 Å². The Hall–Kier alpha value is -1.30. The predicted molar refractivity (Wildman–Crippen MR) is 80.7 cm³/mol. The minimum absolute atomic E-state index is 0.760. The molecule has 0 aromatic heterocycles. The maximum Gasteiger partial charge on any atom is 0.00227 e. The van der Waals surface area contributed by atoms with Gasteiger partial charge in [-0.05, 0) is 48.3 Å². The van der Waals surface area contributed by atoms with Crippen LogP contribution in [0.4, 0.5) is 0 Å². The van der Waals surface area contributed by atoms with Gasteiger partial charge in [0.25, 0.3) is 0 Å². The lowest BCUT2D eigenvalue weighted by Gasteiger charge is -2.19. The van der Waals surface area contributed by atoms with Crippen molar-refractivity contribution >= 4 is 0 Å². The maximum atomic E-state index is 2.54. The van der Waals surface area contributed by atoms with Crippen LogP contribution in [0.2, 0.25) is 0 Å². The summed E-state index contributed by atoms with van der Waals surface area (Å²) in [5.41, 5.74) is 3.70. The van der Waals surface area contributed by atoms with E-state index in [1.807, 2.05) is 11.1 Å². The normalized spacial score (nSPS) is 59.2. The zero-order valence-corrected chi connectivity index (χ0v) is 11.7. The Kier molecular flexibility index (Phi) is 1.72. The highest BCUT2D eigenvalue weighted by Gasteiger charge is 2.51. The Balaban J connectivity index is 1.48. The third kappa shape index (κ3) is 1.05. The van der Waals surface area contributed by atoms with Crippen molar-refractivity contribution in [2.24, 2.45) is 47.3 Å². The van der Waals surface area contributed by atoms with Gasteiger partial charge in [0.05, 0.1) is 0 Å². The minimum Gasteiger partial charge on any atom is -0.0842 e. The molecule has 0 aromatic rings. The monoisotopic (exact) mass is 260 g/mol. The zero-order chi connectivity index (χ0) is 12.8. The number of hydrogen-bond acceptors (Lipinski definition) is 0. The first-order chi connectivity index (χ1) is 9.90. The summed E-state index contributed by atoms with van der Waals surface area (Å²) in [6.07, 6.45) is 22.7. The smallest absolute Gasteiger partial charge is 0.00227 e. The molecular weight excluding hydrogens is 240 g/mol. The second-order valence-electron chi connectivity index (χ2n) is 7.69. The summed E-state index contributed by atoms with van der Waals surface area (Å²) in [5, 5.41) is 0. The number of allylic oxidation sites excluding steroid dienone is 10. The van der Waals surface area contributed by atoms with E-state index >= 15 is 0 Å². The molecule has 0 aliphatic heterocycles.